The summed E-state index contributed by atoms with van der Waals surface area (Å²) < 4.78 is 7.11. The molecule has 0 amide bonds. The maximum atomic E-state index is 12.1. The summed E-state index contributed by atoms with van der Waals surface area (Å²) in [6, 6.07) is 5.18. The summed E-state index contributed by atoms with van der Waals surface area (Å²) >= 11 is 0. The predicted molar refractivity (Wildman–Crippen MR) is 89.2 cm³/mol. The molecule has 0 spiro atoms. The fraction of sp³-hybridized carbons (Fsp3) is 0.529. The molecule has 1 saturated heterocycles. The second kappa shape index (κ2) is 6.32. The first kappa shape index (κ1) is 15.3. The van der Waals surface area contributed by atoms with Crippen LogP contribution < -0.4 is 10.9 Å². The minimum Gasteiger partial charge on any atom is -0.377 e. The van der Waals surface area contributed by atoms with Crippen molar-refractivity contribution < 1.29 is 4.74 Å². The molecule has 0 bridgehead atoms. The Labute approximate surface area is 140 Å². The molecule has 4 rings (SSSR count). The molecule has 2 aromatic rings. The van der Waals surface area contributed by atoms with E-state index in [1.807, 2.05) is 6.92 Å². The first-order valence-corrected chi connectivity index (χ1v) is 8.47. The van der Waals surface area contributed by atoms with Crippen LogP contribution in [0.25, 0.3) is 0 Å². The molecule has 1 aliphatic heterocycles. The molecule has 2 unspecified atom stereocenters. The van der Waals surface area contributed by atoms with Crippen LogP contribution in [0.2, 0.25) is 0 Å². The lowest BCUT2D eigenvalue weighted by atomic mass is 9.97. The molecule has 2 aromatic heterocycles. The highest BCUT2D eigenvalue weighted by molar-refractivity contribution is 5.40. The topological polar surface area (TPSA) is 81.9 Å². The Bertz CT molecular complexity index is 804. The number of ether oxygens (including phenoxy) is 1. The van der Waals surface area contributed by atoms with Crippen molar-refractivity contribution in [1.29, 1.82) is 0 Å². The summed E-state index contributed by atoms with van der Waals surface area (Å²) in [5, 5.41) is 16.4. The Morgan fingerprint density at radius 3 is 3.00 bits per heavy atom. The molecule has 1 aliphatic carbocycles. The van der Waals surface area contributed by atoms with Gasteiger partial charge in [0, 0.05) is 6.07 Å². The van der Waals surface area contributed by atoms with Crippen LogP contribution in [0.1, 0.15) is 35.8 Å². The van der Waals surface area contributed by atoms with Crippen molar-refractivity contribution in [2.24, 2.45) is 0 Å². The third-order valence-corrected chi connectivity index (χ3v) is 4.73. The number of hydrogen-bond donors (Lipinski definition) is 1. The number of aromatic nitrogens is 4. The summed E-state index contributed by atoms with van der Waals surface area (Å²) in [5.41, 5.74) is 3.09. The van der Waals surface area contributed by atoms with E-state index in [1.165, 1.54) is 23.1 Å². The van der Waals surface area contributed by atoms with Gasteiger partial charge in [0.2, 0.25) is 0 Å². The lowest BCUT2D eigenvalue weighted by Gasteiger charge is -2.21. The van der Waals surface area contributed by atoms with Gasteiger partial charge in [-0.1, -0.05) is 0 Å². The zero-order valence-corrected chi connectivity index (χ0v) is 13.7. The molecular formula is C17H21N5O2. The van der Waals surface area contributed by atoms with Crippen molar-refractivity contribution in [2.45, 2.75) is 44.7 Å². The summed E-state index contributed by atoms with van der Waals surface area (Å²) in [4.78, 5) is 12.1. The van der Waals surface area contributed by atoms with Crippen LogP contribution in [-0.2, 0) is 17.6 Å². The molecule has 7 heteroatoms. The molecule has 2 atom stereocenters. The Morgan fingerprint density at radius 2 is 2.08 bits per heavy atom. The monoisotopic (exact) mass is 327 g/mol. The third-order valence-electron chi connectivity index (χ3n) is 4.73. The van der Waals surface area contributed by atoms with Gasteiger partial charge in [-0.15, -0.1) is 5.10 Å². The van der Waals surface area contributed by atoms with Crippen LogP contribution in [0.15, 0.2) is 23.0 Å². The van der Waals surface area contributed by atoms with Crippen LogP contribution in [0.5, 0.6) is 0 Å². The Morgan fingerprint density at radius 1 is 1.21 bits per heavy atom. The standard InChI is InChI=1S/C17H21N5O2/c1-11-6-7-17(23)22(21-11)15-10-24-9-14(15)18-16-8-12-4-2-3-5-13(12)19-20-16/h6-8,14-15H,2-5,9-10H2,1H3,(H,18,20). The normalized spacial score (nSPS) is 23.0. The minimum absolute atomic E-state index is 0.0482. The highest BCUT2D eigenvalue weighted by atomic mass is 16.5. The predicted octanol–water partition coefficient (Wildman–Crippen LogP) is 1.27. The van der Waals surface area contributed by atoms with Crippen LogP contribution >= 0.6 is 0 Å². The van der Waals surface area contributed by atoms with Gasteiger partial charge in [0.25, 0.3) is 5.56 Å². The second-order valence-corrected chi connectivity index (χ2v) is 6.52. The fourth-order valence-corrected chi connectivity index (χ4v) is 3.43. The van der Waals surface area contributed by atoms with Gasteiger partial charge < -0.3 is 10.1 Å². The molecule has 0 saturated carbocycles. The molecule has 0 aromatic carbocycles. The summed E-state index contributed by atoms with van der Waals surface area (Å²) in [7, 11) is 0. The van der Waals surface area contributed by atoms with Crippen molar-refractivity contribution in [3.63, 3.8) is 0 Å². The maximum absolute atomic E-state index is 12.1. The van der Waals surface area contributed by atoms with E-state index >= 15 is 0 Å². The minimum atomic E-state index is -0.143. The average molecular weight is 327 g/mol. The van der Waals surface area contributed by atoms with Gasteiger partial charge in [0.1, 0.15) is 11.9 Å². The van der Waals surface area contributed by atoms with Crippen molar-refractivity contribution >= 4 is 5.82 Å². The largest absolute Gasteiger partial charge is 0.377 e. The molecule has 0 radical (unpaired) electrons. The summed E-state index contributed by atoms with van der Waals surface area (Å²) in [6.45, 7) is 2.86. The highest BCUT2D eigenvalue weighted by Crippen LogP contribution is 2.24. The van der Waals surface area contributed by atoms with E-state index < -0.39 is 0 Å². The first-order valence-electron chi connectivity index (χ1n) is 8.47. The lowest BCUT2D eigenvalue weighted by molar-refractivity contribution is 0.182. The van der Waals surface area contributed by atoms with Crippen LogP contribution in [0.3, 0.4) is 0 Å². The summed E-state index contributed by atoms with van der Waals surface area (Å²) in [6.07, 6.45) is 4.47. The Balaban J connectivity index is 1.57. The van der Waals surface area contributed by atoms with Crippen molar-refractivity contribution in [3.8, 4) is 0 Å². The quantitative estimate of drug-likeness (QED) is 0.914. The van der Waals surface area contributed by atoms with Gasteiger partial charge in [0.05, 0.1) is 30.6 Å². The van der Waals surface area contributed by atoms with E-state index in [1.54, 1.807) is 12.1 Å². The van der Waals surface area contributed by atoms with E-state index in [2.05, 4.69) is 26.7 Å². The van der Waals surface area contributed by atoms with Crippen molar-refractivity contribution in [3.05, 3.63) is 45.5 Å². The fourth-order valence-electron chi connectivity index (χ4n) is 3.43. The molecule has 2 aliphatic rings. The molecule has 3 heterocycles. The molecular weight excluding hydrogens is 306 g/mol. The lowest BCUT2D eigenvalue weighted by Crippen LogP contribution is -2.37. The molecule has 7 nitrogen and oxygen atoms in total. The van der Waals surface area contributed by atoms with Gasteiger partial charge in [-0.25, -0.2) is 4.68 Å². The number of anilines is 1. The van der Waals surface area contributed by atoms with E-state index in [0.717, 1.165) is 30.0 Å². The molecule has 1 N–H and O–H groups in total. The van der Waals surface area contributed by atoms with Crippen LogP contribution in [0, 0.1) is 6.92 Å². The number of hydrogen-bond acceptors (Lipinski definition) is 6. The zero-order chi connectivity index (χ0) is 16.5. The van der Waals surface area contributed by atoms with E-state index in [0.29, 0.717) is 13.2 Å². The maximum Gasteiger partial charge on any atom is 0.267 e. The van der Waals surface area contributed by atoms with E-state index in [4.69, 9.17) is 4.74 Å². The van der Waals surface area contributed by atoms with Gasteiger partial charge in [-0.05, 0) is 50.3 Å². The molecule has 126 valence electrons. The highest BCUT2D eigenvalue weighted by Gasteiger charge is 2.32. The van der Waals surface area contributed by atoms with Crippen molar-refractivity contribution in [2.75, 3.05) is 18.5 Å². The smallest absolute Gasteiger partial charge is 0.267 e. The second-order valence-electron chi connectivity index (χ2n) is 6.52. The van der Waals surface area contributed by atoms with Gasteiger partial charge in [0.15, 0.2) is 0 Å². The van der Waals surface area contributed by atoms with Gasteiger partial charge in [-0.2, -0.15) is 10.2 Å². The zero-order valence-electron chi connectivity index (χ0n) is 13.7. The first-order chi connectivity index (χ1) is 11.7. The molecule has 24 heavy (non-hydrogen) atoms. The van der Waals surface area contributed by atoms with Gasteiger partial charge in [-0.3, -0.25) is 4.79 Å². The SMILES string of the molecule is Cc1ccc(=O)n(C2COCC2Nc2cc3c(nn2)CCCC3)n1. The number of fused-ring (bicyclic) bond motifs is 1. The number of nitrogens with one attached hydrogen (secondary N) is 1. The van der Waals surface area contributed by atoms with Crippen molar-refractivity contribution in [1.82, 2.24) is 20.0 Å². The third kappa shape index (κ3) is 2.91. The average Bonchev–Trinajstić information content (AvgIpc) is 3.05. The van der Waals surface area contributed by atoms with Crippen LogP contribution in [0.4, 0.5) is 5.82 Å². The van der Waals surface area contributed by atoms with Crippen LogP contribution in [-0.4, -0.2) is 39.2 Å². The Hall–Kier alpha value is -2.28. The van der Waals surface area contributed by atoms with Gasteiger partial charge >= 0.3 is 0 Å². The Kier molecular flexibility index (Phi) is 4.02. The number of aryl methyl sites for hydroxylation is 3. The summed E-state index contributed by atoms with van der Waals surface area (Å²) in [5.74, 6) is 0.747. The van der Waals surface area contributed by atoms with E-state index in [-0.39, 0.29) is 17.6 Å². The number of rotatable bonds is 3. The number of nitrogens with zero attached hydrogens (tertiary/aromatic N) is 4. The van der Waals surface area contributed by atoms with E-state index in [9.17, 15) is 4.79 Å². The molecule has 1 fully saturated rings.